The zero-order chi connectivity index (χ0) is 21.6. The normalized spacial score (nSPS) is 18.6. The molecule has 5 nitrogen and oxygen atoms in total. The van der Waals surface area contributed by atoms with Crippen LogP contribution >= 0.6 is 0 Å². The van der Waals surface area contributed by atoms with Crippen LogP contribution < -0.4 is 11.1 Å². The molecular formula is C23H30N2O3S. The summed E-state index contributed by atoms with van der Waals surface area (Å²) < 4.78 is 23.1. The lowest BCUT2D eigenvalue weighted by Gasteiger charge is -2.42. The first kappa shape index (κ1) is 21.5. The molecule has 2 aromatic carbocycles. The standard InChI is InChI=1S/C23H30N2O3S/c1-22(2)12-13-23(3,4)19-14-15(6-11-18(19)22)20(24)21(26)25-16-7-9-17(10-8-16)29(5,27)28/h6-11,14,20H,12-13,24H2,1-5H3,(H,25,26). The minimum absolute atomic E-state index is 0.0402. The maximum Gasteiger partial charge on any atom is 0.245 e. The van der Waals surface area contributed by atoms with E-state index in [0.717, 1.165) is 24.7 Å². The molecule has 0 aromatic heterocycles. The van der Waals surface area contributed by atoms with Gasteiger partial charge in [-0.15, -0.1) is 0 Å². The summed E-state index contributed by atoms with van der Waals surface area (Å²) in [6.07, 6.45) is 3.36. The van der Waals surface area contributed by atoms with Crippen LogP contribution in [0.5, 0.6) is 0 Å². The number of benzene rings is 2. The SMILES string of the molecule is CC1(C)CCC(C)(C)c2cc(C(N)C(=O)Nc3ccc(S(C)(=O)=O)cc3)ccc21. The molecule has 1 unspecified atom stereocenters. The third kappa shape index (κ3) is 4.38. The van der Waals surface area contributed by atoms with Gasteiger partial charge in [0, 0.05) is 11.9 Å². The van der Waals surface area contributed by atoms with Crippen LogP contribution in [0.1, 0.15) is 63.3 Å². The summed E-state index contributed by atoms with van der Waals surface area (Å²) in [7, 11) is -3.27. The maximum absolute atomic E-state index is 12.7. The van der Waals surface area contributed by atoms with Crippen molar-refractivity contribution in [3.63, 3.8) is 0 Å². The number of anilines is 1. The molecule has 156 valence electrons. The minimum atomic E-state index is -3.27. The van der Waals surface area contributed by atoms with E-state index in [4.69, 9.17) is 5.73 Å². The Morgan fingerprint density at radius 3 is 2.07 bits per heavy atom. The number of hydrogen-bond acceptors (Lipinski definition) is 4. The number of carbonyl (C=O) groups is 1. The average molecular weight is 415 g/mol. The lowest BCUT2D eigenvalue weighted by molar-refractivity contribution is -0.117. The Hall–Kier alpha value is -2.18. The number of amides is 1. The zero-order valence-electron chi connectivity index (χ0n) is 17.7. The van der Waals surface area contributed by atoms with E-state index in [9.17, 15) is 13.2 Å². The van der Waals surface area contributed by atoms with Gasteiger partial charge in [0.15, 0.2) is 9.84 Å². The molecule has 1 aliphatic carbocycles. The fraction of sp³-hybridized carbons (Fsp3) is 0.435. The quantitative estimate of drug-likeness (QED) is 0.789. The third-order valence-electron chi connectivity index (χ3n) is 6.07. The number of sulfone groups is 1. The Bertz CT molecular complexity index is 1040. The van der Waals surface area contributed by atoms with Crippen molar-refractivity contribution in [2.24, 2.45) is 5.73 Å². The van der Waals surface area contributed by atoms with Crippen molar-refractivity contribution in [1.29, 1.82) is 0 Å². The van der Waals surface area contributed by atoms with E-state index < -0.39 is 15.9 Å². The molecule has 1 aliphatic rings. The van der Waals surface area contributed by atoms with Crippen LogP contribution in [-0.2, 0) is 25.5 Å². The highest BCUT2D eigenvalue weighted by atomic mass is 32.2. The average Bonchev–Trinajstić information content (AvgIpc) is 2.64. The summed E-state index contributed by atoms with van der Waals surface area (Å²) in [4.78, 5) is 12.9. The Morgan fingerprint density at radius 2 is 1.52 bits per heavy atom. The van der Waals surface area contributed by atoms with Crippen LogP contribution in [0.15, 0.2) is 47.4 Å². The highest BCUT2D eigenvalue weighted by molar-refractivity contribution is 7.90. The molecule has 0 radical (unpaired) electrons. The number of nitrogens with two attached hydrogens (primary N) is 1. The molecule has 0 fully saturated rings. The lowest BCUT2D eigenvalue weighted by Crippen LogP contribution is -2.35. The van der Waals surface area contributed by atoms with Crippen molar-refractivity contribution >= 4 is 21.4 Å². The first-order valence-corrected chi connectivity index (χ1v) is 11.7. The molecule has 0 bridgehead atoms. The second-order valence-electron chi connectivity index (χ2n) is 9.34. The van der Waals surface area contributed by atoms with E-state index >= 15 is 0 Å². The van der Waals surface area contributed by atoms with Crippen LogP contribution in [-0.4, -0.2) is 20.6 Å². The van der Waals surface area contributed by atoms with E-state index in [1.165, 1.54) is 23.3 Å². The fourth-order valence-electron chi connectivity index (χ4n) is 3.96. The smallest absolute Gasteiger partial charge is 0.245 e. The van der Waals surface area contributed by atoms with E-state index in [1.807, 2.05) is 6.07 Å². The number of carbonyl (C=O) groups excluding carboxylic acids is 1. The molecular weight excluding hydrogens is 384 g/mol. The Morgan fingerprint density at radius 1 is 0.966 bits per heavy atom. The molecule has 0 spiro atoms. The molecule has 1 amide bonds. The maximum atomic E-state index is 12.7. The van der Waals surface area contributed by atoms with Crippen LogP contribution in [0.3, 0.4) is 0 Å². The van der Waals surface area contributed by atoms with Crippen LogP contribution in [0, 0.1) is 0 Å². The number of hydrogen-bond donors (Lipinski definition) is 2. The molecule has 0 saturated heterocycles. The molecule has 1 atom stereocenters. The molecule has 3 rings (SSSR count). The molecule has 0 aliphatic heterocycles. The van der Waals surface area contributed by atoms with Gasteiger partial charge in [-0.05, 0) is 64.6 Å². The Balaban J connectivity index is 1.83. The summed E-state index contributed by atoms with van der Waals surface area (Å²) in [5.41, 5.74) is 10.3. The van der Waals surface area contributed by atoms with Gasteiger partial charge < -0.3 is 11.1 Å². The van der Waals surface area contributed by atoms with Gasteiger partial charge in [0.1, 0.15) is 6.04 Å². The van der Waals surface area contributed by atoms with E-state index in [2.05, 4.69) is 45.1 Å². The minimum Gasteiger partial charge on any atom is -0.324 e. The molecule has 2 aromatic rings. The summed E-state index contributed by atoms with van der Waals surface area (Å²) >= 11 is 0. The molecule has 6 heteroatoms. The first-order valence-electron chi connectivity index (χ1n) is 9.83. The summed E-state index contributed by atoms with van der Waals surface area (Å²) in [6, 6.07) is 11.4. The fourth-order valence-corrected chi connectivity index (χ4v) is 4.59. The Labute approximate surface area is 173 Å². The van der Waals surface area contributed by atoms with Crippen molar-refractivity contribution in [1.82, 2.24) is 0 Å². The van der Waals surface area contributed by atoms with E-state index in [0.29, 0.717) is 5.69 Å². The molecule has 0 heterocycles. The molecule has 3 N–H and O–H groups in total. The highest BCUT2D eigenvalue weighted by Gasteiger charge is 2.37. The lowest BCUT2D eigenvalue weighted by atomic mass is 9.63. The molecule has 29 heavy (non-hydrogen) atoms. The highest BCUT2D eigenvalue weighted by Crippen LogP contribution is 2.46. The van der Waals surface area contributed by atoms with E-state index in [-0.39, 0.29) is 21.6 Å². The van der Waals surface area contributed by atoms with Crippen molar-refractivity contribution < 1.29 is 13.2 Å². The van der Waals surface area contributed by atoms with Crippen LogP contribution in [0.2, 0.25) is 0 Å². The van der Waals surface area contributed by atoms with Gasteiger partial charge in [-0.1, -0.05) is 45.9 Å². The van der Waals surface area contributed by atoms with Crippen LogP contribution in [0.4, 0.5) is 5.69 Å². The van der Waals surface area contributed by atoms with Crippen molar-refractivity contribution in [3.8, 4) is 0 Å². The predicted octanol–water partition coefficient (Wildman–Crippen LogP) is 4.08. The topological polar surface area (TPSA) is 89.3 Å². The van der Waals surface area contributed by atoms with Gasteiger partial charge in [-0.3, -0.25) is 4.79 Å². The second-order valence-corrected chi connectivity index (χ2v) is 11.4. The van der Waals surface area contributed by atoms with Gasteiger partial charge in [-0.25, -0.2) is 8.42 Å². The second kappa shape index (κ2) is 7.26. The third-order valence-corrected chi connectivity index (χ3v) is 7.20. The predicted molar refractivity (Wildman–Crippen MR) is 117 cm³/mol. The number of fused-ring (bicyclic) bond motifs is 1. The van der Waals surface area contributed by atoms with Crippen molar-refractivity contribution in [2.75, 3.05) is 11.6 Å². The van der Waals surface area contributed by atoms with Crippen molar-refractivity contribution in [3.05, 3.63) is 59.2 Å². The Kier molecular flexibility index (Phi) is 5.39. The first-order chi connectivity index (χ1) is 13.3. The number of nitrogens with one attached hydrogen (secondary N) is 1. The molecule has 0 saturated carbocycles. The summed E-state index contributed by atoms with van der Waals surface area (Å²) in [5, 5.41) is 2.78. The van der Waals surface area contributed by atoms with E-state index in [1.54, 1.807) is 12.1 Å². The summed E-state index contributed by atoms with van der Waals surface area (Å²) in [5.74, 6) is -0.329. The van der Waals surface area contributed by atoms with Gasteiger partial charge in [0.05, 0.1) is 4.90 Å². The van der Waals surface area contributed by atoms with Gasteiger partial charge >= 0.3 is 0 Å². The zero-order valence-corrected chi connectivity index (χ0v) is 18.6. The monoisotopic (exact) mass is 414 g/mol. The van der Waals surface area contributed by atoms with Crippen molar-refractivity contribution in [2.45, 2.75) is 62.3 Å². The number of rotatable bonds is 4. The largest absolute Gasteiger partial charge is 0.324 e. The summed E-state index contributed by atoms with van der Waals surface area (Å²) in [6.45, 7) is 8.99. The van der Waals surface area contributed by atoms with Crippen LogP contribution in [0.25, 0.3) is 0 Å². The van der Waals surface area contributed by atoms with Gasteiger partial charge in [0.25, 0.3) is 0 Å². The van der Waals surface area contributed by atoms with Gasteiger partial charge in [0.2, 0.25) is 5.91 Å². The van der Waals surface area contributed by atoms with Gasteiger partial charge in [-0.2, -0.15) is 0 Å².